The van der Waals surface area contributed by atoms with Crippen molar-refractivity contribution in [1.82, 2.24) is 9.97 Å². The molecule has 4 aromatic rings. The first-order chi connectivity index (χ1) is 16.2. The predicted molar refractivity (Wildman–Crippen MR) is 124 cm³/mol. The summed E-state index contributed by atoms with van der Waals surface area (Å²) in [5.41, 5.74) is 0.563. The van der Waals surface area contributed by atoms with Crippen LogP contribution in [0.25, 0.3) is 22.2 Å². The lowest BCUT2D eigenvalue weighted by Gasteiger charge is -2.16. The summed E-state index contributed by atoms with van der Waals surface area (Å²) in [5.74, 6) is -2.68. The fraction of sp³-hybridized carbons (Fsp3) is 0.167. The monoisotopic (exact) mass is 485 g/mol. The van der Waals surface area contributed by atoms with Crippen LogP contribution in [-0.4, -0.2) is 31.3 Å². The average molecular weight is 486 g/mol. The van der Waals surface area contributed by atoms with Gasteiger partial charge in [0.1, 0.15) is 28.3 Å². The third-order valence-corrected chi connectivity index (χ3v) is 7.02. The van der Waals surface area contributed by atoms with Crippen LogP contribution in [-0.2, 0) is 10.0 Å². The molecule has 0 aliphatic carbocycles. The van der Waals surface area contributed by atoms with E-state index in [1.54, 1.807) is 37.6 Å². The van der Waals surface area contributed by atoms with E-state index in [-0.39, 0.29) is 17.5 Å². The van der Waals surface area contributed by atoms with Crippen molar-refractivity contribution in [2.24, 2.45) is 5.14 Å². The van der Waals surface area contributed by atoms with E-state index in [9.17, 15) is 17.6 Å². The second-order valence-electron chi connectivity index (χ2n) is 7.70. The molecule has 34 heavy (non-hydrogen) atoms. The summed E-state index contributed by atoms with van der Waals surface area (Å²) in [6.07, 6.45) is 2.87. The van der Waals surface area contributed by atoms with E-state index in [0.29, 0.717) is 22.3 Å². The molecule has 0 spiro atoms. The van der Waals surface area contributed by atoms with Gasteiger partial charge in [0.2, 0.25) is 15.8 Å². The highest BCUT2D eigenvalue weighted by atomic mass is 32.2. The van der Waals surface area contributed by atoms with Crippen molar-refractivity contribution in [3.8, 4) is 16.9 Å². The molecular formula is C24H21F2N3O4S. The molecule has 1 atom stereocenters. The fourth-order valence-corrected chi connectivity index (χ4v) is 4.94. The molecule has 2 aromatic heterocycles. The third-order valence-electron chi connectivity index (χ3n) is 5.64. The molecule has 176 valence electrons. The second kappa shape index (κ2) is 8.96. The summed E-state index contributed by atoms with van der Waals surface area (Å²) in [5, 5.41) is 4.16. The SMILES string of the molecule is CCC(c1ccc(F)c(C(=O)c2c[nH]c3ncc(-c4cccc(OC)c4)cc23)c1F)S(N)(=O)=O. The van der Waals surface area contributed by atoms with Crippen LogP contribution in [0.3, 0.4) is 0 Å². The molecule has 2 aromatic carbocycles. The van der Waals surface area contributed by atoms with Crippen LogP contribution in [0.2, 0.25) is 0 Å². The number of rotatable bonds is 7. The Morgan fingerprint density at radius 1 is 1.18 bits per heavy atom. The van der Waals surface area contributed by atoms with Gasteiger partial charge in [0.15, 0.2) is 0 Å². The van der Waals surface area contributed by atoms with Gasteiger partial charge in [-0.1, -0.05) is 25.1 Å². The van der Waals surface area contributed by atoms with Crippen molar-refractivity contribution >= 4 is 26.8 Å². The molecule has 1 unspecified atom stereocenters. The average Bonchev–Trinajstić information content (AvgIpc) is 3.23. The summed E-state index contributed by atoms with van der Waals surface area (Å²) in [6, 6.07) is 10.8. The minimum atomic E-state index is -4.18. The lowest BCUT2D eigenvalue weighted by atomic mass is 9.97. The number of ketones is 1. The van der Waals surface area contributed by atoms with Crippen LogP contribution >= 0.6 is 0 Å². The third kappa shape index (κ3) is 4.17. The number of halogens is 2. The van der Waals surface area contributed by atoms with Gasteiger partial charge in [0, 0.05) is 34.5 Å². The molecule has 0 amide bonds. The minimum Gasteiger partial charge on any atom is -0.497 e. The standard InChI is InChI=1S/C24H21F2N3O4S/c1-3-20(34(27,31)32)16-7-8-19(25)21(22(16)26)23(30)18-12-29-24-17(18)10-14(11-28-24)13-5-4-6-15(9-13)33-2/h4-12,20H,3H2,1-2H3,(H,28,29)(H2,27,31,32). The number of nitrogens with zero attached hydrogens (tertiary/aromatic N) is 1. The van der Waals surface area contributed by atoms with Gasteiger partial charge in [-0.2, -0.15) is 0 Å². The molecule has 0 bridgehead atoms. The highest BCUT2D eigenvalue weighted by Gasteiger charge is 2.30. The maximum absolute atomic E-state index is 15.4. The molecule has 0 saturated heterocycles. The summed E-state index contributed by atoms with van der Waals surface area (Å²) >= 11 is 0. The van der Waals surface area contributed by atoms with Crippen LogP contribution in [0, 0.1) is 11.6 Å². The number of sulfonamides is 1. The molecule has 0 saturated carbocycles. The predicted octanol–water partition coefficient (Wildman–Crippen LogP) is 4.49. The smallest absolute Gasteiger partial charge is 0.216 e. The molecule has 0 radical (unpaired) electrons. The Balaban J connectivity index is 1.84. The van der Waals surface area contributed by atoms with Gasteiger partial charge in [-0.05, 0) is 36.2 Å². The number of nitrogens with one attached hydrogen (secondary N) is 1. The molecule has 7 nitrogen and oxygen atoms in total. The molecule has 0 fully saturated rings. The van der Waals surface area contributed by atoms with Crippen molar-refractivity contribution in [3.63, 3.8) is 0 Å². The Bertz CT molecular complexity index is 1520. The van der Waals surface area contributed by atoms with Gasteiger partial charge in [-0.3, -0.25) is 4.79 Å². The van der Waals surface area contributed by atoms with Gasteiger partial charge in [-0.15, -0.1) is 0 Å². The zero-order valence-electron chi connectivity index (χ0n) is 18.3. The summed E-state index contributed by atoms with van der Waals surface area (Å²) in [7, 11) is -2.64. The Labute approximate surface area is 194 Å². The molecule has 0 aliphatic heterocycles. The number of carbonyl (C=O) groups excluding carboxylic acids is 1. The maximum Gasteiger partial charge on any atom is 0.216 e. The highest BCUT2D eigenvalue weighted by Crippen LogP contribution is 2.32. The normalized spacial score (nSPS) is 12.6. The van der Waals surface area contributed by atoms with E-state index in [0.717, 1.165) is 17.7 Å². The number of nitrogens with two attached hydrogens (primary N) is 1. The number of aromatic amines is 1. The molecule has 0 aliphatic rings. The topological polar surface area (TPSA) is 115 Å². The maximum atomic E-state index is 15.4. The van der Waals surface area contributed by atoms with E-state index < -0.39 is 38.3 Å². The number of primary sulfonamides is 1. The van der Waals surface area contributed by atoms with E-state index in [1.807, 2.05) is 6.07 Å². The van der Waals surface area contributed by atoms with Crippen molar-refractivity contribution in [2.75, 3.05) is 7.11 Å². The zero-order valence-corrected chi connectivity index (χ0v) is 19.1. The second-order valence-corrected chi connectivity index (χ2v) is 9.44. The number of benzene rings is 2. The Kier molecular flexibility index (Phi) is 6.20. The molecule has 3 N–H and O–H groups in total. The van der Waals surface area contributed by atoms with E-state index in [4.69, 9.17) is 9.88 Å². The van der Waals surface area contributed by atoms with Crippen LogP contribution in [0.15, 0.2) is 54.9 Å². The Hall–Kier alpha value is -3.63. The number of carbonyl (C=O) groups is 1. The van der Waals surface area contributed by atoms with Crippen molar-refractivity contribution in [3.05, 3.63) is 83.2 Å². The molecule has 2 heterocycles. The van der Waals surface area contributed by atoms with Gasteiger partial charge < -0.3 is 9.72 Å². The largest absolute Gasteiger partial charge is 0.497 e. The van der Waals surface area contributed by atoms with Crippen molar-refractivity contribution in [2.45, 2.75) is 18.6 Å². The van der Waals surface area contributed by atoms with E-state index >= 15 is 4.39 Å². The number of methoxy groups -OCH3 is 1. The number of fused-ring (bicyclic) bond motifs is 1. The summed E-state index contributed by atoms with van der Waals surface area (Å²) < 4.78 is 59.1. The number of aromatic nitrogens is 2. The van der Waals surface area contributed by atoms with Crippen LogP contribution in [0.4, 0.5) is 8.78 Å². The molecule has 4 rings (SSSR count). The number of hydrogen-bond acceptors (Lipinski definition) is 5. The summed E-state index contributed by atoms with van der Waals surface area (Å²) in [6.45, 7) is 1.50. The Morgan fingerprint density at radius 2 is 1.94 bits per heavy atom. The fourth-order valence-electron chi connectivity index (χ4n) is 3.94. The van der Waals surface area contributed by atoms with Crippen molar-refractivity contribution < 1.29 is 26.7 Å². The van der Waals surface area contributed by atoms with Gasteiger partial charge >= 0.3 is 0 Å². The lowest BCUT2D eigenvalue weighted by Crippen LogP contribution is -2.23. The molecule has 10 heteroatoms. The van der Waals surface area contributed by atoms with E-state index in [2.05, 4.69) is 9.97 Å². The first-order valence-electron chi connectivity index (χ1n) is 10.3. The van der Waals surface area contributed by atoms with E-state index in [1.165, 1.54) is 13.1 Å². The van der Waals surface area contributed by atoms with Crippen LogP contribution in [0.1, 0.15) is 40.1 Å². The number of pyridine rings is 1. The number of ether oxygens (including phenoxy) is 1. The Morgan fingerprint density at radius 3 is 2.62 bits per heavy atom. The first kappa shape index (κ1) is 23.5. The lowest BCUT2D eigenvalue weighted by molar-refractivity contribution is 0.103. The number of hydrogen-bond donors (Lipinski definition) is 2. The minimum absolute atomic E-state index is 0.00847. The van der Waals surface area contributed by atoms with Gasteiger partial charge in [-0.25, -0.2) is 27.3 Å². The number of H-pyrrole nitrogens is 1. The zero-order chi connectivity index (χ0) is 24.6. The van der Waals surface area contributed by atoms with Gasteiger partial charge in [0.25, 0.3) is 0 Å². The van der Waals surface area contributed by atoms with Gasteiger partial charge in [0.05, 0.1) is 12.7 Å². The summed E-state index contributed by atoms with van der Waals surface area (Å²) in [4.78, 5) is 20.4. The van der Waals surface area contributed by atoms with Crippen LogP contribution in [0.5, 0.6) is 5.75 Å². The quantitative estimate of drug-likeness (QED) is 0.374. The molecular weight excluding hydrogens is 464 g/mol. The van der Waals surface area contributed by atoms with Crippen molar-refractivity contribution in [1.29, 1.82) is 0 Å². The highest BCUT2D eigenvalue weighted by molar-refractivity contribution is 7.89. The first-order valence-corrected chi connectivity index (χ1v) is 11.9. The van der Waals surface area contributed by atoms with Crippen LogP contribution < -0.4 is 9.88 Å².